The molecule has 0 spiro atoms. The Morgan fingerprint density at radius 2 is 2.22 bits per heavy atom. The molecule has 1 aliphatic heterocycles. The molecule has 1 atom stereocenters. The van der Waals surface area contributed by atoms with Crippen LogP contribution in [0.25, 0.3) is 0 Å². The van der Waals surface area contributed by atoms with Crippen LogP contribution < -0.4 is 5.73 Å². The fraction of sp³-hybridized carbons (Fsp3) is 0.600. The van der Waals surface area contributed by atoms with Crippen LogP contribution in [0.4, 0.5) is 19.0 Å². The molecule has 1 fully saturated rings. The average molecular weight is 279 g/mol. The van der Waals surface area contributed by atoms with E-state index >= 15 is 0 Å². The van der Waals surface area contributed by atoms with E-state index in [1.807, 2.05) is 0 Å². The lowest BCUT2D eigenvalue weighted by Gasteiger charge is -2.10. The number of anilines is 1. The third kappa shape index (κ3) is 3.49. The highest BCUT2D eigenvalue weighted by Gasteiger charge is 2.35. The van der Waals surface area contributed by atoms with Gasteiger partial charge < -0.3 is 10.5 Å². The Morgan fingerprint density at radius 3 is 2.83 bits per heavy atom. The van der Waals surface area contributed by atoms with E-state index in [0.29, 0.717) is 12.4 Å². The van der Waals surface area contributed by atoms with Gasteiger partial charge in [0.25, 0.3) is 0 Å². The Bertz CT molecular complexity index is 421. The monoisotopic (exact) mass is 279 g/mol. The summed E-state index contributed by atoms with van der Waals surface area (Å²) in [6.07, 6.45) is -2.57. The van der Waals surface area contributed by atoms with Crippen molar-refractivity contribution in [2.45, 2.75) is 30.1 Å². The van der Waals surface area contributed by atoms with Crippen molar-refractivity contribution in [3.63, 3.8) is 0 Å². The van der Waals surface area contributed by atoms with Crippen LogP contribution in [-0.4, -0.2) is 28.4 Å². The van der Waals surface area contributed by atoms with Gasteiger partial charge in [-0.2, -0.15) is 13.2 Å². The molecule has 2 rings (SSSR count). The van der Waals surface area contributed by atoms with Crippen LogP contribution in [0.2, 0.25) is 0 Å². The van der Waals surface area contributed by atoms with Crippen LogP contribution in [0.15, 0.2) is 11.1 Å². The Labute approximate surface area is 106 Å². The van der Waals surface area contributed by atoms with E-state index < -0.39 is 12.0 Å². The molecule has 1 unspecified atom stereocenters. The highest BCUT2D eigenvalue weighted by Crippen LogP contribution is 2.29. The van der Waals surface area contributed by atoms with Crippen molar-refractivity contribution >= 4 is 17.6 Å². The van der Waals surface area contributed by atoms with Crippen LogP contribution in [-0.2, 0) is 10.9 Å². The fourth-order valence-corrected chi connectivity index (χ4v) is 2.57. The van der Waals surface area contributed by atoms with Crippen molar-refractivity contribution < 1.29 is 17.9 Å². The molecule has 4 nitrogen and oxygen atoms in total. The molecule has 0 amide bonds. The number of ether oxygens (including phenoxy) is 1. The number of alkyl halides is 3. The van der Waals surface area contributed by atoms with E-state index in [0.717, 1.165) is 12.8 Å². The molecule has 0 aromatic carbocycles. The van der Waals surface area contributed by atoms with Gasteiger partial charge in [-0.25, -0.2) is 9.97 Å². The largest absolute Gasteiger partial charge is 0.451 e. The molecular weight excluding hydrogens is 267 g/mol. The Kier molecular flexibility index (Phi) is 3.96. The third-order valence-electron chi connectivity index (χ3n) is 2.42. The number of hydrogen-bond donors (Lipinski definition) is 1. The molecule has 0 saturated carbocycles. The first-order chi connectivity index (χ1) is 8.45. The van der Waals surface area contributed by atoms with Crippen molar-refractivity contribution in [3.05, 3.63) is 11.9 Å². The molecular formula is C10H12F3N3OS. The molecule has 2 heterocycles. The predicted molar refractivity (Wildman–Crippen MR) is 61.1 cm³/mol. The zero-order valence-electron chi connectivity index (χ0n) is 9.41. The smallest absolute Gasteiger partial charge is 0.384 e. The van der Waals surface area contributed by atoms with Crippen molar-refractivity contribution in [2.24, 2.45) is 0 Å². The Hall–Kier alpha value is -1.02. The number of rotatable bonds is 3. The number of hydrogen-bond acceptors (Lipinski definition) is 5. The van der Waals surface area contributed by atoms with Crippen LogP contribution in [0.3, 0.4) is 0 Å². The van der Waals surface area contributed by atoms with Crippen molar-refractivity contribution in [3.8, 4) is 0 Å². The Morgan fingerprint density at radius 1 is 1.44 bits per heavy atom. The normalized spacial score (nSPS) is 20.3. The maximum atomic E-state index is 12.5. The van der Waals surface area contributed by atoms with E-state index in [9.17, 15) is 13.2 Å². The molecule has 18 heavy (non-hydrogen) atoms. The zero-order valence-corrected chi connectivity index (χ0v) is 10.2. The average Bonchev–Trinajstić information content (AvgIpc) is 2.77. The summed E-state index contributed by atoms with van der Waals surface area (Å²) < 4.78 is 42.8. The summed E-state index contributed by atoms with van der Waals surface area (Å²) >= 11 is 1.21. The summed E-state index contributed by atoms with van der Waals surface area (Å²) in [7, 11) is 0. The first-order valence-electron chi connectivity index (χ1n) is 5.41. The topological polar surface area (TPSA) is 61.0 Å². The minimum absolute atomic E-state index is 0.0838. The molecule has 2 N–H and O–H groups in total. The molecule has 1 aromatic rings. The SMILES string of the molecule is Nc1cc(SCC2CCCO2)nc(C(F)(F)F)n1. The first kappa shape index (κ1) is 13.4. The highest BCUT2D eigenvalue weighted by molar-refractivity contribution is 7.99. The van der Waals surface area contributed by atoms with Gasteiger partial charge in [-0.15, -0.1) is 11.8 Å². The van der Waals surface area contributed by atoms with Crippen LogP contribution in [0.1, 0.15) is 18.7 Å². The van der Waals surface area contributed by atoms with Gasteiger partial charge in [0.1, 0.15) is 10.8 Å². The van der Waals surface area contributed by atoms with Gasteiger partial charge in [0.05, 0.1) is 6.10 Å². The zero-order chi connectivity index (χ0) is 13.2. The van der Waals surface area contributed by atoms with Gasteiger partial charge in [0, 0.05) is 18.4 Å². The van der Waals surface area contributed by atoms with E-state index in [-0.39, 0.29) is 16.9 Å². The standard InChI is InChI=1S/C10H12F3N3OS/c11-10(12,13)9-15-7(14)4-8(16-9)18-5-6-2-1-3-17-6/h4,6H,1-3,5H2,(H2,14,15,16). The Balaban J connectivity index is 2.05. The van der Waals surface area contributed by atoms with Gasteiger partial charge in [-0.05, 0) is 12.8 Å². The number of nitrogens with zero attached hydrogens (tertiary/aromatic N) is 2. The van der Waals surface area contributed by atoms with Gasteiger partial charge in [-0.3, -0.25) is 0 Å². The minimum atomic E-state index is -4.57. The van der Waals surface area contributed by atoms with Crippen molar-refractivity contribution in [1.82, 2.24) is 9.97 Å². The number of thioether (sulfide) groups is 1. The maximum absolute atomic E-state index is 12.5. The minimum Gasteiger partial charge on any atom is -0.384 e. The molecule has 8 heteroatoms. The van der Waals surface area contributed by atoms with Crippen LogP contribution >= 0.6 is 11.8 Å². The quantitative estimate of drug-likeness (QED) is 0.679. The molecule has 1 aromatic heterocycles. The van der Waals surface area contributed by atoms with Crippen LogP contribution in [0, 0.1) is 0 Å². The summed E-state index contributed by atoms with van der Waals surface area (Å²) in [5, 5.41) is 0.227. The summed E-state index contributed by atoms with van der Waals surface area (Å²) in [5.74, 6) is -0.794. The number of nitrogens with two attached hydrogens (primary N) is 1. The highest BCUT2D eigenvalue weighted by atomic mass is 32.2. The summed E-state index contributed by atoms with van der Waals surface area (Å²) in [6.45, 7) is 0.713. The second-order valence-corrected chi connectivity index (χ2v) is 4.94. The second kappa shape index (κ2) is 5.31. The lowest BCUT2D eigenvalue weighted by Crippen LogP contribution is -2.13. The molecule has 1 saturated heterocycles. The predicted octanol–water partition coefficient (Wildman–Crippen LogP) is 2.35. The second-order valence-electron chi connectivity index (χ2n) is 3.90. The molecule has 0 bridgehead atoms. The molecule has 0 radical (unpaired) electrons. The fourth-order valence-electron chi connectivity index (χ4n) is 1.60. The molecule has 1 aliphatic rings. The summed E-state index contributed by atoms with van der Waals surface area (Å²) in [5.41, 5.74) is 5.34. The number of aromatic nitrogens is 2. The van der Waals surface area contributed by atoms with Gasteiger partial charge >= 0.3 is 6.18 Å². The summed E-state index contributed by atoms with van der Waals surface area (Å²) in [4.78, 5) is 6.64. The maximum Gasteiger partial charge on any atom is 0.451 e. The van der Waals surface area contributed by atoms with Crippen molar-refractivity contribution in [2.75, 3.05) is 18.1 Å². The van der Waals surface area contributed by atoms with Gasteiger partial charge in [0.2, 0.25) is 5.82 Å². The van der Waals surface area contributed by atoms with Gasteiger partial charge in [-0.1, -0.05) is 0 Å². The van der Waals surface area contributed by atoms with Crippen molar-refractivity contribution in [1.29, 1.82) is 0 Å². The molecule has 0 aliphatic carbocycles. The van der Waals surface area contributed by atoms with Gasteiger partial charge in [0.15, 0.2) is 0 Å². The van der Waals surface area contributed by atoms with E-state index in [4.69, 9.17) is 10.5 Å². The number of halogens is 3. The molecule has 100 valence electrons. The van der Waals surface area contributed by atoms with E-state index in [1.165, 1.54) is 17.8 Å². The lowest BCUT2D eigenvalue weighted by molar-refractivity contribution is -0.145. The third-order valence-corrected chi connectivity index (χ3v) is 3.46. The number of nitrogen functional groups attached to an aromatic ring is 1. The van der Waals surface area contributed by atoms with E-state index in [1.54, 1.807) is 0 Å². The summed E-state index contributed by atoms with van der Waals surface area (Å²) in [6, 6.07) is 1.34. The lowest BCUT2D eigenvalue weighted by atomic mass is 10.3. The van der Waals surface area contributed by atoms with E-state index in [2.05, 4.69) is 9.97 Å². The van der Waals surface area contributed by atoms with Crippen LogP contribution in [0.5, 0.6) is 0 Å². The first-order valence-corrected chi connectivity index (χ1v) is 6.40.